The third-order valence-corrected chi connectivity index (χ3v) is 3.90. The number of ether oxygens (including phenoxy) is 1. The molecule has 2 aromatic rings. The summed E-state index contributed by atoms with van der Waals surface area (Å²) in [7, 11) is -3.35. The molecule has 122 valence electrons. The zero-order valence-corrected chi connectivity index (χ0v) is 14.4. The van der Waals surface area contributed by atoms with E-state index in [9.17, 15) is 13.2 Å². The van der Waals surface area contributed by atoms with Crippen LogP contribution in [0.5, 0.6) is 5.75 Å². The first kappa shape index (κ1) is 17.6. The van der Waals surface area contributed by atoms with Crippen LogP contribution in [0.4, 0.5) is 5.69 Å². The molecule has 0 amide bonds. The first-order chi connectivity index (χ1) is 10.7. The van der Waals surface area contributed by atoms with E-state index in [1.54, 1.807) is 12.1 Å². The standard InChI is InChI=1S/C15H13Cl2NO4S/c1-23(20,21)18-12-5-2-10(3-6-12)14(19)9-22-15-7-4-11(16)8-13(15)17/h2-8,18H,9H2,1H3. The summed E-state index contributed by atoms with van der Waals surface area (Å²) in [6, 6.07) is 10.8. The van der Waals surface area contributed by atoms with E-state index in [0.29, 0.717) is 27.0 Å². The van der Waals surface area contributed by atoms with Crippen molar-refractivity contribution in [3.63, 3.8) is 0 Å². The summed E-state index contributed by atoms with van der Waals surface area (Å²) in [6.45, 7) is -0.194. The first-order valence-corrected chi connectivity index (χ1v) is 9.08. The Morgan fingerprint density at radius 1 is 1.13 bits per heavy atom. The fourth-order valence-corrected chi connectivity index (χ4v) is 2.78. The van der Waals surface area contributed by atoms with Gasteiger partial charge in [-0.1, -0.05) is 23.2 Å². The van der Waals surface area contributed by atoms with Crippen LogP contribution in [0, 0.1) is 0 Å². The van der Waals surface area contributed by atoms with Crippen LogP contribution < -0.4 is 9.46 Å². The zero-order chi connectivity index (χ0) is 17.0. The minimum atomic E-state index is -3.35. The molecule has 5 nitrogen and oxygen atoms in total. The van der Waals surface area contributed by atoms with Crippen molar-refractivity contribution < 1.29 is 17.9 Å². The lowest BCUT2D eigenvalue weighted by Crippen LogP contribution is -2.12. The van der Waals surface area contributed by atoms with Gasteiger partial charge >= 0.3 is 0 Å². The largest absolute Gasteiger partial charge is 0.484 e. The zero-order valence-electron chi connectivity index (χ0n) is 12.0. The van der Waals surface area contributed by atoms with E-state index in [2.05, 4.69) is 4.72 Å². The van der Waals surface area contributed by atoms with Crippen molar-refractivity contribution in [3.05, 3.63) is 58.1 Å². The molecule has 0 aromatic heterocycles. The van der Waals surface area contributed by atoms with E-state index >= 15 is 0 Å². The first-order valence-electron chi connectivity index (χ1n) is 6.43. The van der Waals surface area contributed by atoms with Crippen molar-refractivity contribution in [2.24, 2.45) is 0 Å². The number of hydrogen-bond donors (Lipinski definition) is 1. The number of rotatable bonds is 6. The third-order valence-electron chi connectivity index (χ3n) is 2.76. The smallest absolute Gasteiger partial charge is 0.229 e. The lowest BCUT2D eigenvalue weighted by molar-refractivity contribution is 0.0921. The Balaban J connectivity index is 2.00. The molecule has 2 rings (SSSR count). The van der Waals surface area contributed by atoms with E-state index in [0.717, 1.165) is 6.26 Å². The van der Waals surface area contributed by atoms with Crippen molar-refractivity contribution in [2.75, 3.05) is 17.6 Å². The van der Waals surface area contributed by atoms with Crippen LogP contribution in [0.1, 0.15) is 10.4 Å². The normalized spacial score (nSPS) is 11.1. The van der Waals surface area contributed by atoms with Gasteiger partial charge in [-0.2, -0.15) is 0 Å². The number of ketones is 1. The predicted octanol–water partition coefficient (Wildman–Crippen LogP) is 3.63. The second kappa shape index (κ2) is 7.21. The Labute approximate surface area is 144 Å². The van der Waals surface area contributed by atoms with Gasteiger partial charge in [0.25, 0.3) is 0 Å². The van der Waals surface area contributed by atoms with Gasteiger partial charge in [0, 0.05) is 16.3 Å². The van der Waals surface area contributed by atoms with Crippen molar-refractivity contribution in [1.82, 2.24) is 0 Å². The van der Waals surface area contributed by atoms with Crippen LogP contribution in [0.3, 0.4) is 0 Å². The molecule has 0 fully saturated rings. The van der Waals surface area contributed by atoms with Crippen molar-refractivity contribution in [3.8, 4) is 5.75 Å². The lowest BCUT2D eigenvalue weighted by Gasteiger charge is -2.08. The molecule has 1 N–H and O–H groups in total. The molecule has 0 heterocycles. The highest BCUT2D eigenvalue weighted by atomic mass is 35.5. The molecule has 0 spiro atoms. The SMILES string of the molecule is CS(=O)(=O)Nc1ccc(C(=O)COc2ccc(Cl)cc2Cl)cc1. The second-order valence-corrected chi connectivity index (χ2v) is 7.33. The Bertz CT molecular complexity index is 820. The summed E-state index contributed by atoms with van der Waals surface area (Å²) < 4.78 is 29.9. The molecule has 0 unspecified atom stereocenters. The van der Waals surface area contributed by atoms with Gasteiger partial charge in [-0.25, -0.2) is 8.42 Å². The summed E-state index contributed by atoms with van der Waals surface area (Å²) in [4.78, 5) is 12.1. The maximum atomic E-state index is 12.1. The van der Waals surface area contributed by atoms with Crippen LogP contribution in [-0.2, 0) is 10.0 Å². The topological polar surface area (TPSA) is 72.5 Å². The van der Waals surface area contributed by atoms with E-state index in [4.69, 9.17) is 27.9 Å². The van der Waals surface area contributed by atoms with E-state index in [1.807, 2.05) is 0 Å². The minimum absolute atomic E-state index is 0.194. The Morgan fingerprint density at radius 3 is 2.35 bits per heavy atom. The number of anilines is 1. The summed E-state index contributed by atoms with van der Waals surface area (Å²) >= 11 is 11.7. The quantitative estimate of drug-likeness (QED) is 0.784. The van der Waals surface area contributed by atoms with E-state index < -0.39 is 10.0 Å². The highest BCUT2D eigenvalue weighted by molar-refractivity contribution is 7.92. The number of sulfonamides is 1. The Kier molecular flexibility index (Phi) is 5.51. The number of carbonyl (C=O) groups excluding carboxylic acids is 1. The molecule has 8 heteroatoms. The highest BCUT2D eigenvalue weighted by Crippen LogP contribution is 2.27. The molecular weight excluding hydrogens is 361 g/mol. The minimum Gasteiger partial charge on any atom is -0.484 e. The molecular formula is C15H13Cl2NO4S. The summed E-state index contributed by atoms with van der Waals surface area (Å²) in [6.07, 6.45) is 1.05. The molecule has 2 aromatic carbocycles. The number of nitrogens with one attached hydrogen (secondary N) is 1. The van der Waals surface area contributed by atoms with Crippen molar-refractivity contribution in [2.45, 2.75) is 0 Å². The predicted molar refractivity (Wildman–Crippen MR) is 91.2 cm³/mol. The summed E-state index contributed by atoms with van der Waals surface area (Å²) in [5.74, 6) is 0.0988. The Hall–Kier alpha value is -1.76. The molecule has 0 aliphatic heterocycles. The number of benzene rings is 2. The maximum Gasteiger partial charge on any atom is 0.229 e. The highest BCUT2D eigenvalue weighted by Gasteiger charge is 2.10. The average molecular weight is 374 g/mol. The molecule has 0 saturated carbocycles. The Morgan fingerprint density at radius 2 is 1.78 bits per heavy atom. The molecule has 0 aliphatic carbocycles. The van der Waals surface area contributed by atoms with Crippen LogP contribution in [0.25, 0.3) is 0 Å². The molecule has 0 saturated heterocycles. The van der Waals surface area contributed by atoms with Crippen molar-refractivity contribution in [1.29, 1.82) is 0 Å². The number of carbonyl (C=O) groups is 1. The van der Waals surface area contributed by atoms with Crippen LogP contribution in [0.2, 0.25) is 10.0 Å². The van der Waals surface area contributed by atoms with Gasteiger partial charge in [0.1, 0.15) is 5.75 Å². The fraction of sp³-hybridized carbons (Fsp3) is 0.133. The van der Waals surface area contributed by atoms with Gasteiger partial charge < -0.3 is 4.74 Å². The molecule has 0 radical (unpaired) electrons. The van der Waals surface area contributed by atoms with E-state index in [-0.39, 0.29) is 12.4 Å². The van der Waals surface area contributed by atoms with Gasteiger partial charge in [0.2, 0.25) is 10.0 Å². The molecule has 0 atom stereocenters. The number of Topliss-reactive ketones (excluding diaryl/α,β-unsaturated/α-hetero) is 1. The van der Waals surface area contributed by atoms with Gasteiger partial charge in [-0.15, -0.1) is 0 Å². The number of halogens is 2. The summed E-state index contributed by atoms with van der Waals surface area (Å²) in [5, 5.41) is 0.792. The van der Waals surface area contributed by atoms with Gasteiger partial charge in [-0.05, 0) is 42.5 Å². The molecule has 0 aliphatic rings. The second-order valence-electron chi connectivity index (χ2n) is 4.74. The number of hydrogen-bond acceptors (Lipinski definition) is 4. The maximum absolute atomic E-state index is 12.1. The van der Waals surface area contributed by atoms with Gasteiger partial charge in [0.15, 0.2) is 12.4 Å². The molecule has 23 heavy (non-hydrogen) atoms. The fourth-order valence-electron chi connectivity index (χ4n) is 1.76. The average Bonchev–Trinajstić information content (AvgIpc) is 2.45. The van der Waals surface area contributed by atoms with Gasteiger partial charge in [0.05, 0.1) is 11.3 Å². The lowest BCUT2D eigenvalue weighted by atomic mass is 10.1. The third kappa shape index (κ3) is 5.42. The molecule has 0 bridgehead atoms. The van der Waals surface area contributed by atoms with E-state index in [1.165, 1.54) is 30.3 Å². The monoisotopic (exact) mass is 373 g/mol. The van der Waals surface area contributed by atoms with Gasteiger partial charge in [-0.3, -0.25) is 9.52 Å². The van der Waals surface area contributed by atoms with Crippen molar-refractivity contribution >= 4 is 44.7 Å². The summed E-state index contributed by atoms with van der Waals surface area (Å²) in [5.41, 5.74) is 0.778. The van der Waals surface area contributed by atoms with Crippen LogP contribution in [0.15, 0.2) is 42.5 Å². The van der Waals surface area contributed by atoms with Crippen LogP contribution >= 0.6 is 23.2 Å². The van der Waals surface area contributed by atoms with Crippen LogP contribution in [-0.4, -0.2) is 27.1 Å².